The summed E-state index contributed by atoms with van der Waals surface area (Å²) in [7, 11) is 0. The maximum Gasteiger partial charge on any atom is 0.244 e. The van der Waals surface area contributed by atoms with Crippen LogP contribution < -0.4 is 10.1 Å². The predicted octanol–water partition coefficient (Wildman–Crippen LogP) is 4.37. The molecule has 1 unspecified atom stereocenters. The van der Waals surface area contributed by atoms with Gasteiger partial charge in [0, 0.05) is 6.08 Å². The number of ether oxygens (including phenoxy) is 1. The highest BCUT2D eigenvalue weighted by molar-refractivity contribution is 5.91. The van der Waals surface area contributed by atoms with Gasteiger partial charge in [-0.1, -0.05) is 49.4 Å². The molecule has 0 aliphatic carbocycles. The minimum atomic E-state index is -0.104. The highest BCUT2D eigenvalue weighted by Gasteiger charge is 2.06. The van der Waals surface area contributed by atoms with Gasteiger partial charge < -0.3 is 10.1 Å². The van der Waals surface area contributed by atoms with Gasteiger partial charge >= 0.3 is 0 Å². The van der Waals surface area contributed by atoms with Crippen LogP contribution in [0.5, 0.6) is 5.75 Å². The van der Waals surface area contributed by atoms with Crippen molar-refractivity contribution in [2.45, 2.75) is 26.3 Å². The van der Waals surface area contributed by atoms with Crippen molar-refractivity contribution in [1.29, 1.82) is 0 Å². The average molecular weight is 309 g/mol. The lowest BCUT2D eigenvalue weighted by Gasteiger charge is -2.12. The van der Waals surface area contributed by atoms with Crippen LogP contribution in [0.2, 0.25) is 0 Å². The fourth-order valence-electron chi connectivity index (χ4n) is 2.15. The van der Waals surface area contributed by atoms with Crippen molar-refractivity contribution in [3.63, 3.8) is 0 Å². The number of nitrogens with one attached hydrogen (secondary N) is 1. The maximum absolute atomic E-state index is 12.0. The zero-order valence-electron chi connectivity index (χ0n) is 13.7. The molecule has 0 aliphatic rings. The Morgan fingerprint density at radius 3 is 2.48 bits per heavy atom. The molecular formula is C20H23NO2. The Balaban J connectivity index is 1.88. The third kappa shape index (κ3) is 5.62. The molecule has 2 rings (SSSR count). The summed E-state index contributed by atoms with van der Waals surface area (Å²) in [6.45, 7) is 4.77. The van der Waals surface area contributed by atoms with Crippen LogP contribution in [-0.2, 0) is 4.79 Å². The summed E-state index contributed by atoms with van der Waals surface area (Å²) in [6.07, 6.45) is 4.35. The van der Waals surface area contributed by atoms with Crippen LogP contribution in [0.25, 0.3) is 6.08 Å². The molecule has 1 amide bonds. The summed E-state index contributed by atoms with van der Waals surface area (Å²) in [5.74, 6) is 0.749. The molecule has 0 bridgehead atoms. The largest absolute Gasteiger partial charge is 0.494 e. The molecule has 3 heteroatoms. The Kier molecular flexibility index (Phi) is 6.42. The first-order valence-electron chi connectivity index (χ1n) is 7.95. The Labute approximate surface area is 138 Å². The first-order chi connectivity index (χ1) is 11.2. The molecular weight excluding hydrogens is 286 g/mol. The SMILES string of the molecule is CCCOc1ccc(C=CC(=O)NC(C)c2ccccc2)cc1. The lowest BCUT2D eigenvalue weighted by atomic mass is 10.1. The second-order valence-corrected chi connectivity index (χ2v) is 5.39. The van der Waals surface area contributed by atoms with Crippen molar-refractivity contribution in [1.82, 2.24) is 5.32 Å². The van der Waals surface area contributed by atoms with E-state index in [0.29, 0.717) is 0 Å². The fourth-order valence-corrected chi connectivity index (χ4v) is 2.15. The van der Waals surface area contributed by atoms with E-state index in [1.165, 1.54) is 0 Å². The van der Waals surface area contributed by atoms with Gasteiger partial charge in [-0.05, 0) is 42.7 Å². The smallest absolute Gasteiger partial charge is 0.244 e. The van der Waals surface area contributed by atoms with Crippen LogP contribution in [0, 0.1) is 0 Å². The summed E-state index contributed by atoms with van der Waals surface area (Å²) in [4.78, 5) is 12.0. The number of hydrogen-bond donors (Lipinski definition) is 1. The van der Waals surface area contributed by atoms with Gasteiger partial charge in [0.15, 0.2) is 0 Å². The van der Waals surface area contributed by atoms with Gasteiger partial charge in [-0.15, -0.1) is 0 Å². The molecule has 0 heterocycles. The van der Waals surface area contributed by atoms with Crippen molar-refractivity contribution >= 4 is 12.0 Å². The summed E-state index contributed by atoms with van der Waals surface area (Å²) >= 11 is 0. The first-order valence-corrected chi connectivity index (χ1v) is 7.95. The van der Waals surface area contributed by atoms with Crippen molar-refractivity contribution in [3.8, 4) is 5.75 Å². The molecule has 0 saturated heterocycles. The average Bonchev–Trinajstić information content (AvgIpc) is 2.59. The number of amides is 1. The second kappa shape index (κ2) is 8.79. The van der Waals surface area contributed by atoms with Crippen LogP contribution in [0.4, 0.5) is 0 Å². The summed E-state index contributed by atoms with van der Waals surface area (Å²) in [6, 6.07) is 17.6. The molecule has 0 spiro atoms. The van der Waals surface area contributed by atoms with Crippen molar-refractivity contribution in [3.05, 3.63) is 71.8 Å². The molecule has 3 nitrogen and oxygen atoms in total. The number of rotatable bonds is 7. The molecule has 0 saturated carbocycles. The van der Waals surface area contributed by atoms with E-state index in [4.69, 9.17) is 4.74 Å². The van der Waals surface area contributed by atoms with Crippen molar-refractivity contribution in [2.24, 2.45) is 0 Å². The highest BCUT2D eigenvalue weighted by Crippen LogP contribution is 2.14. The lowest BCUT2D eigenvalue weighted by Crippen LogP contribution is -2.24. The fraction of sp³-hybridized carbons (Fsp3) is 0.250. The van der Waals surface area contributed by atoms with Gasteiger partial charge in [0.05, 0.1) is 12.6 Å². The Bertz CT molecular complexity index is 632. The Morgan fingerprint density at radius 1 is 1.13 bits per heavy atom. The van der Waals surface area contributed by atoms with Gasteiger partial charge in [0.25, 0.3) is 0 Å². The van der Waals surface area contributed by atoms with Crippen LogP contribution in [0.15, 0.2) is 60.7 Å². The quantitative estimate of drug-likeness (QED) is 0.771. The van der Waals surface area contributed by atoms with E-state index < -0.39 is 0 Å². The lowest BCUT2D eigenvalue weighted by molar-refractivity contribution is -0.117. The third-order valence-corrected chi connectivity index (χ3v) is 3.44. The summed E-state index contributed by atoms with van der Waals surface area (Å²) < 4.78 is 5.53. The molecule has 1 atom stereocenters. The van der Waals surface area contributed by atoms with E-state index in [1.54, 1.807) is 12.2 Å². The zero-order valence-corrected chi connectivity index (χ0v) is 13.7. The molecule has 2 aromatic carbocycles. The maximum atomic E-state index is 12.0. The summed E-state index contributed by atoms with van der Waals surface area (Å²) in [5.41, 5.74) is 2.06. The van der Waals surface area contributed by atoms with E-state index in [9.17, 15) is 4.79 Å². The van der Waals surface area contributed by atoms with Gasteiger partial charge in [-0.3, -0.25) is 4.79 Å². The van der Waals surface area contributed by atoms with Crippen LogP contribution in [0.1, 0.15) is 37.4 Å². The van der Waals surface area contributed by atoms with E-state index in [0.717, 1.165) is 29.9 Å². The number of hydrogen-bond acceptors (Lipinski definition) is 2. The highest BCUT2D eigenvalue weighted by atomic mass is 16.5. The minimum Gasteiger partial charge on any atom is -0.494 e. The van der Waals surface area contributed by atoms with E-state index in [-0.39, 0.29) is 11.9 Å². The van der Waals surface area contributed by atoms with Gasteiger partial charge in [-0.25, -0.2) is 0 Å². The topological polar surface area (TPSA) is 38.3 Å². The van der Waals surface area contributed by atoms with Gasteiger partial charge in [-0.2, -0.15) is 0 Å². The van der Waals surface area contributed by atoms with Gasteiger partial charge in [0.2, 0.25) is 5.91 Å². The molecule has 1 N–H and O–H groups in total. The summed E-state index contributed by atoms with van der Waals surface area (Å²) in [5, 5.41) is 2.96. The molecule has 120 valence electrons. The van der Waals surface area contributed by atoms with Crippen LogP contribution >= 0.6 is 0 Å². The van der Waals surface area contributed by atoms with E-state index in [2.05, 4.69) is 12.2 Å². The third-order valence-electron chi connectivity index (χ3n) is 3.44. The minimum absolute atomic E-state index is 0.0156. The number of carbonyl (C=O) groups is 1. The van der Waals surface area contributed by atoms with E-state index in [1.807, 2.05) is 61.5 Å². The standard InChI is InChI=1S/C20H23NO2/c1-3-15-23-19-12-9-17(10-13-19)11-14-20(22)21-16(2)18-7-5-4-6-8-18/h4-14,16H,3,15H2,1-2H3,(H,21,22). The monoisotopic (exact) mass is 309 g/mol. The molecule has 23 heavy (non-hydrogen) atoms. The van der Waals surface area contributed by atoms with Crippen LogP contribution in [0.3, 0.4) is 0 Å². The zero-order chi connectivity index (χ0) is 16.5. The predicted molar refractivity (Wildman–Crippen MR) is 94.3 cm³/mol. The molecule has 0 aromatic heterocycles. The van der Waals surface area contributed by atoms with Crippen molar-refractivity contribution in [2.75, 3.05) is 6.61 Å². The van der Waals surface area contributed by atoms with E-state index >= 15 is 0 Å². The molecule has 0 radical (unpaired) electrons. The van der Waals surface area contributed by atoms with Crippen molar-refractivity contribution < 1.29 is 9.53 Å². The van der Waals surface area contributed by atoms with Crippen LogP contribution in [-0.4, -0.2) is 12.5 Å². The molecule has 2 aromatic rings. The van der Waals surface area contributed by atoms with Gasteiger partial charge in [0.1, 0.15) is 5.75 Å². The number of benzene rings is 2. The Morgan fingerprint density at radius 2 is 1.83 bits per heavy atom. The second-order valence-electron chi connectivity index (χ2n) is 5.39. The molecule has 0 aliphatic heterocycles. The Hall–Kier alpha value is -2.55. The first kappa shape index (κ1) is 16.8. The molecule has 0 fully saturated rings. The normalized spacial score (nSPS) is 12.1. The number of carbonyl (C=O) groups excluding carboxylic acids is 1.